The zero-order chi connectivity index (χ0) is 11.6. The Balaban J connectivity index is 3.34. The molecule has 0 aliphatic heterocycles. The van der Waals surface area contributed by atoms with Gasteiger partial charge in [0, 0.05) is 5.33 Å². The Kier molecular flexibility index (Phi) is 3.73. The Morgan fingerprint density at radius 3 is 2.40 bits per heavy atom. The van der Waals surface area contributed by atoms with Crippen LogP contribution in [0, 0.1) is 0 Å². The molecule has 1 rings (SSSR count). The number of hydrogen-bond donors (Lipinski definition) is 1. The lowest BCUT2D eigenvalue weighted by Gasteiger charge is -2.19. The normalized spacial score (nSPS) is 11.5. The largest absolute Gasteiger partial charge is 0.478 e. The molecule has 0 unspecified atom stereocenters. The lowest BCUT2D eigenvalue weighted by atomic mass is 10.1. The van der Waals surface area contributed by atoms with E-state index in [0.29, 0.717) is 10.9 Å². The van der Waals surface area contributed by atoms with Gasteiger partial charge in [-0.3, -0.25) is 0 Å². The third-order valence-electron chi connectivity index (χ3n) is 2.28. The number of hydrogen-bond acceptors (Lipinski definition) is 1. The van der Waals surface area contributed by atoms with Crippen molar-refractivity contribution >= 4 is 35.2 Å². The molecule has 1 aromatic carbocycles. The topological polar surface area (TPSA) is 37.3 Å². The van der Waals surface area contributed by atoms with E-state index in [9.17, 15) is 4.79 Å². The van der Waals surface area contributed by atoms with Gasteiger partial charge < -0.3 is 5.11 Å². The molecule has 0 bridgehead atoms. The quantitative estimate of drug-likeness (QED) is 0.685. The van der Waals surface area contributed by atoms with Crippen molar-refractivity contribution < 1.29 is 9.90 Å². The van der Waals surface area contributed by atoms with Crippen LogP contribution in [0.2, 0.25) is 19.6 Å². The third-order valence-corrected chi connectivity index (χ3v) is 4.98. The van der Waals surface area contributed by atoms with Crippen molar-refractivity contribution in [2.75, 3.05) is 0 Å². The van der Waals surface area contributed by atoms with Crippen molar-refractivity contribution in [3.8, 4) is 0 Å². The van der Waals surface area contributed by atoms with E-state index in [1.54, 1.807) is 6.07 Å². The van der Waals surface area contributed by atoms with Crippen molar-refractivity contribution in [1.29, 1.82) is 0 Å². The minimum absolute atomic E-state index is 0.464. The summed E-state index contributed by atoms with van der Waals surface area (Å²) in [6.07, 6.45) is 0. The van der Waals surface area contributed by atoms with Crippen LogP contribution < -0.4 is 5.19 Å². The van der Waals surface area contributed by atoms with E-state index in [2.05, 4.69) is 35.6 Å². The molecule has 1 N–H and O–H groups in total. The predicted octanol–water partition coefficient (Wildman–Crippen LogP) is 2.82. The Bertz CT molecular complexity index is 383. The Morgan fingerprint density at radius 1 is 1.40 bits per heavy atom. The number of benzene rings is 1. The average Bonchev–Trinajstić information content (AvgIpc) is 2.15. The fourth-order valence-electron chi connectivity index (χ4n) is 1.51. The summed E-state index contributed by atoms with van der Waals surface area (Å²) >= 11 is 3.33. The maximum atomic E-state index is 11.1. The molecule has 0 aliphatic carbocycles. The van der Waals surface area contributed by atoms with Gasteiger partial charge in [-0.15, -0.1) is 0 Å². The van der Waals surface area contributed by atoms with Gasteiger partial charge in [-0.2, -0.15) is 0 Å². The average molecular weight is 287 g/mol. The molecular formula is C11H15BrO2Si. The summed E-state index contributed by atoms with van der Waals surface area (Å²) in [6, 6.07) is 5.73. The van der Waals surface area contributed by atoms with Crippen LogP contribution in [0.1, 0.15) is 15.9 Å². The lowest BCUT2D eigenvalue weighted by Crippen LogP contribution is -2.41. The van der Waals surface area contributed by atoms with E-state index >= 15 is 0 Å². The number of alkyl halides is 1. The summed E-state index contributed by atoms with van der Waals surface area (Å²) in [7, 11) is -1.57. The van der Waals surface area contributed by atoms with Crippen molar-refractivity contribution in [2.45, 2.75) is 25.0 Å². The van der Waals surface area contributed by atoms with E-state index < -0.39 is 14.0 Å². The minimum Gasteiger partial charge on any atom is -0.478 e. The number of carbonyl (C=O) groups is 1. The van der Waals surface area contributed by atoms with Gasteiger partial charge in [-0.1, -0.05) is 47.7 Å². The van der Waals surface area contributed by atoms with Gasteiger partial charge in [0.25, 0.3) is 0 Å². The number of carboxylic acids is 1. The summed E-state index contributed by atoms with van der Waals surface area (Å²) < 4.78 is 0. The summed E-state index contributed by atoms with van der Waals surface area (Å²) in [5.74, 6) is -0.824. The zero-order valence-corrected chi connectivity index (χ0v) is 11.8. The number of aromatic carboxylic acids is 1. The molecular weight excluding hydrogens is 272 g/mol. The van der Waals surface area contributed by atoms with Crippen LogP contribution in [-0.2, 0) is 5.33 Å². The van der Waals surface area contributed by atoms with Gasteiger partial charge in [0.15, 0.2) is 0 Å². The molecule has 0 aromatic heterocycles. The predicted molar refractivity (Wildman–Crippen MR) is 69.0 cm³/mol. The van der Waals surface area contributed by atoms with E-state index in [-0.39, 0.29) is 0 Å². The van der Waals surface area contributed by atoms with Gasteiger partial charge in [0.2, 0.25) is 0 Å². The molecule has 0 fully saturated rings. The molecule has 82 valence electrons. The minimum atomic E-state index is -1.57. The molecule has 0 heterocycles. The van der Waals surface area contributed by atoms with Crippen LogP contribution in [0.25, 0.3) is 0 Å². The Hall–Kier alpha value is -0.613. The number of rotatable bonds is 3. The second-order valence-electron chi connectivity index (χ2n) is 4.57. The molecule has 0 radical (unpaired) electrons. The molecule has 0 saturated carbocycles. The Labute approximate surface area is 99.5 Å². The standard InChI is InChI=1S/C11H15BrO2Si/c1-15(2,3)10-5-4-8(7-12)6-9(10)11(13)14/h4-6H,7H2,1-3H3,(H,13,14). The smallest absolute Gasteiger partial charge is 0.335 e. The van der Waals surface area contributed by atoms with E-state index in [1.165, 1.54) is 0 Å². The third kappa shape index (κ3) is 2.92. The molecule has 15 heavy (non-hydrogen) atoms. The van der Waals surface area contributed by atoms with Crippen molar-refractivity contribution in [2.24, 2.45) is 0 Å². The summed E-state index contributed by atoms with van der Waals surface area (Å²) in [5, 5.41) is 10.9. The molecule has 0 aliphatic rings. The Morgan fingerprint density at radius 2 is 2.00 bits per heavy atom. The molecule has 0 spiro atoms. The van der Waals surface area contributed by atoms with E-state index in [0.717, 1.165) is 10.8 Å². The first-order chi connectivity index (χ1) is 6.86. The second kappa shape index (κ2) is 4.49. The van der Waals surface area contributed by atoms with Gasteiger partial charge >= 0.3 is 5.97 Å². The van der Waals surface area contributed by atoms with Crippen molar-refractivity contribution in [3.05, 3.63) is 29.3 Å². The van der Waals surface area contributed by atoms with Crippen LogP contribution in [0.4, 0.5) is 0 Å². The van der Waals surface area contributed by atoms with Gasteiger partial charge in [0.05, 0.1) is 13.6 Å². The first-order valence-electron chi connectivity index (χ1n) is 4.79. The van der Waals surface area contributed by atoms with Gasteiger partial charge in [-0.25, -0.2) is 4.79 Å². The first kappa shape index (κ1) is 12.5. The van der Waals surface area contributed by atoms with Gasteiger partial charge in [-0.05, 0) is 16.8 Å². The number of carboxylic acid groups (broad SMARTS) is 1. The van der Waals surface area contributed by atoms with Crippen LogP contribution in [0.3, 0.4) is 0 Å². The monoisotopic (exact) mass is 286 g/mol. The maximum absolute atomic E-state index is 11.1. The fourth-order valence-corrected chi connectivity index (χ4v) is 3.42. The van der Waals surface area contributed by atoms with Crippen LogP contribution in [0.15, 0.2) is 18.2 Å². The first-order valence-corrected chi connectivity index (χ1v) is 9.41. The molecule has 0 amide bonds. The highest BCUT2D eigenvalue weighted by molar-refractivity contribution is 9.08. The summed E-state index contributed by atoms with van der Waals surface area (Å²) in [4.78, 5) is 11.1. The van der Waals surface area contributed by atoms with E-state index in [1.807, 2.05) is 12.1 Å². The highest BCUT2D eigenvalue weighted by Gasteiger charge is 2.23. The van der Waals surface area contributed by atoms with Crippen molar-refractivity contribution in [3.63, 3.8) is 0 Å². The second-order valence-corrected chi connectivity index (χ2v) is 10.2. The van der Waals surface area contributed by atoms with Crippen LogP contribution in [-0.4, -0.2) is 19.1 Å². The highest BCUT2D eigenvalue weighted by Crippen LogP contribution is 2.12. The number of halogens is 1. The van der Waals surface area contributed by atoms with E-state index in [4.69, 9.17) is 5.11 Å². The van der Waals surface area contributed by atoms with Crippen molar-refractivity contribution in [1.82, 2.24) is 0 Å². The molecule has 1 aromatic rings. The summed E-state index contributed by atoms with van der Waals surface area (Å²) in [5.41, 5.74) is 1.47. The molecule has 0 saturated heterocycles. The van der Waals surface area contributed by atoms with Gasteiger partial charge in [0.1, 0.15) is 0 Å². The highest BCUT2D eigenvalue weighted by atomic mass is 79.9. The molecule has 0 atom stereocenters. The zero-order valence-electron chi connectivity index (χ0n) is 9.17. The van der Waals surface area contributed by atoms with Crippen LogP contribution >= 0.6 is 15.9 Å². The molecule has 4 heteroatoms. The molecule has 2 nitrogen and oxygen atoms in total. The van der Waals surface area contributed by atoms with Crippen LogP contribution in [0.5, 0.6) is 0 Å². The fraction of sp³-hybridized carbons (Fsp3) is 0.364. The summed E-state index contributed by atoms with van der Waals surface area (Å²) in [6.45, 7) is 6.47. The maximum Gasteiger partial charge on any atom is 0.335 e. The lowest BCUT2D eigenvalue weighted by molar-refractivity contribution is 0.0698. The SMILES string of the molecule is C[Si](C)(C)c1ccc(CBr)cc1C(=O)O.